The molecule has 2 aromatic carbocycles. The van der Waals surface area contributed by atoms with E-state index in [1.807, 2.05) is 18.2 Å². The molecule has 1 aromatic heterocycles. The number of hydrogen-bond donors (Lipinski definition) is 1. The van der Waals surface area contributed by atoms with Gasteiger partial charge in [-0.3, -0.25) is 0 Å². The maximum Gasteiger partial charge on any atom is 0.344 e. The molecule has 134 valence electrons. The van der Waals surface area contributed by atoms with E-state index >= 15 is 0 Å². The Kier molecular flexibility index (Phi) is 4.42. The van der Waals surface area contributed by atoms with Gasteiger partial charge < -0.3 is 14.6 Å². The van der Waals surface area contributed by atoms with E-state index in [0.717, 1.165) is 30.7 Å². The molecule has 26 heavy (non-hydrogen) atoms. The fourth-order valence-electron chi connectivity index (χ4n) is 3.33. The second-order valence-corrected chi connectivity index (χ2v) is 7.01. The molecule has 1 saturated heterocycles. The van der Waals surface area contributed by atoms with Gasteiger partial charge in [-0.2, -0.15) is 0 Å². The van der Waals surface area contributed by atoms with Crippen molar-refractivity contribution in [1.29, 1.82) is 0 Å². The van der Waals surface area contributed by atoms with Crippen LogP contribution in [0.15, 0.2) is 51.7 Å². The standard InChI is InChI=1S/C20H18ClFN2O2/c1-12-11-24(7-6-23-12)15-4-2-14-8-16(20(25)26-19(14)10-15)13-3-5-18(22)17(21)9-13/h2-5,8-10,12,23H,6-7,11H2,1H3/t12-/m0/s1. The van der Waals surface area contributed by atoms with Crippen LogP contribution in [-0.4, -0.2) is 25.7 Å². The lowest BCUT2D eigenvalue weighted by Gasteiger charge is -2.33. The van der Waals surface area contributed by atoms with Crippen LogP contribution in [0, 0.1) is 5.82 Å². The number of anilines is 1. The summed E-state index contributed by atoms with van der Waals surface area (Å²) >= 11 is 5.83. The van der Waals surface area contributed by atoms with Crippen molar-refractivity contribution in [3.05, 3.63) is 63.7 Å². The second-order valence-electron chi connectivity index (χ2n) is 6.60. The van der Waals surface area contributed by atoms with E-state index in [9.17, 15) is 9.18 Å². The number of rotatable bonds is 2. The molecule has 2 heterocycles. The smallest absolute Gasteiger partial charge is 0.344 e. The third-order valence-corrected chi connectivity index (χ3v) is 4.97. The summed E-state index contributed by atoms with van der Waals surface area (Å²) in [6.07, 6.45) is 0. The molecular weight excluding hydrogens is 355 g/mol. The van der Waals surface area contributed by atoms with E-state index in [0.29, 0.717) is 22.8 Å². The molecule has 1 fully saturated rings. The van der Waals surface area contributed by atoms with Gasteiger partial charge in [-0.15, -0.1) is 0 Å². The Balaban J connectivity index is 1.75. The summed E-state index contributed by atoms with van der Waals surface area (Å²) in [6, 6.07) is 12.2. The molecule has 4 nitrogen and oxygen atoms in total. The van der Waals surface area contributed by atoms with Gasteiger partial charge in [-0.1, -0.05) is 17.7 Å². The number of piperazine rings is 1. The first kappa shape index (κ1) is 17.1. The summed E-state index contributed by atoms with van der Waals surface area (Å²) in [7, 11) is 0. The third kappa shape index (κ3) is 3.20. The molecule has 1 aliphatic rings. The molecule has 0 radical (unpaired) electrons. The summed E-state index contributed by atoms with van der Waals surface area (Å²) in [5.74, 6) is -0.518. The monoisotopic (exact) mass is 372 g/mol. The Morgan fingerprint density at radius 2 is 2.08 bits per heavy atom. The molecule has 3 aromatic rings. The van der Waals surface area contributed by atoms with Crippen molar-refractivity contribution in [3.63, 3.8) is 0 Å². The van der Waals surface area contributed by atoms with Crippen LogP contribution in [-0.2, 0) is 0 Å². The van der Waals surface area contributed by atoms with Crippen molar-refractivity contribution in [1.82, 2.24) is 5.32 Å². The van der Waals surface area contributed by atoms with Crippen molar-refractivity contribution in [3.8, 4) is 11.1 Å². The zero-order valence-corrected chi connectivity index (χ0v) is 15.0. The average Bonchev–Trinajstić information content (AvgIpc) is 2.63. The minimum Gasteiger partial charge on any atom is -0.422 e. The molecule has 1 aliphatic heterocycles. The highest BCUT2D eigenvalue weighted by molar-refractivity contribution is 6.31. The third-order valence-electron chi connectivity index (χ3n) is 4.68. The van der Waals surface area contributed by atoms with Gasteiger partial charge in [-0.05, 0) is 42.8 Å². The average molecular weight is 373 g/mol. The van der Waals surface area contributed by atoms with Crippen molar-refractivity contribution in [2.75, 3.05) is 24.5 Å². The van der Waals surface area contributed by atoms with Crippen LogP contribution in [0.1, 0.15) is 6.92 Å². The van der Waals surface area contributed by atoms with Gasteiger partial charge in [0.25, 0.3) is 0 Å². The van der Waals surface area contributed by atoms with E-state index in [1.165, 1.54) is 18.2 Å². The zero-order valence-electron chi connectivity index (χ0n) is 14.3. The minimum absolute atomic E-state index is 0.0230. The Morgan fingerprint density at radius 1 is 1.23 bits per heavy atom. The predicted octanol–water partition coefficient (Wildman–Crippen LogP) is 4.05. The maximum atomic E-state index is 13.4. The Morgan fingerprint density at radius 3 is 2.85 bits per heavy atom. The SMILES string of the molecule is C[C@H]1CN(c2ccc3cc(-c4ccc(F)c(Cl)c4)c(=O)oc3c2)CCN1. The predicted molar refractivity (Wildman–Crippen MR) is 103 cm³/mol. The van der Waals surface area contributed by atoms with Crippen molar-refractivity contribution < 1.29 is 8.81 Å². The van der Waals surface area contributed by atoms with Crippen LogP contribution in [0.5, 0.6) is 0 Å². The first-order chi connectivity index (χ1) is 12.5. The van der Waals surface area contributed by atoms with Gasteiger partial charge in [0.05, 0.1) is 10.6 Å². The first-order valence-electron chi connectivity index (χ1n) is 8.53. The highest BCUT2D eigenvalue weighted by Gasteiger charge is 2.17. The highest BCUT2D eigenvalue weighted by atomic mass is 35.5. The summed E-state index contributed by atoms with van der Waals surface area (Å²) < 4.78 is 18.9. The number of nitrogens with zero attached hydrogens (tertiary/aromatic N) is 1. The summed E-state index contributed by atoms with van der Waals surface area (Å²) in [6.45, 7) is 4.88. The summed E-state index contributed by atoms with van der Waals surface area (Å²) in [5, 5.41) is 4.20. The van der Waals surface area contributed by atoms with Gasteiger partial charge in [0.15, 0.2) is 0 Å². The van der Waals surface area contributed by atoms with Crippen LogP contribution in [0.2, 0.25) is 5.02 Å². The Labute approximate surface area is 155 Å². The highest BCUT2D eigenvalue weighted by Crippen LogP contribution is 2.27. The molecule has 1 N–H and O–H groups in total. The molecule has 0 bridgehead atoms. The molecule has 0 unspecified atom stereocenters. The number of fused-ring (bicyclic) bond motifs is 1. The summed E-state index contributed by atoms with van der Waals surface area (Å²) in [4.78, 5) is 14.7. The summed E-state index contributed by atoms with van der Waals surface area (Å²) in [5.41, 5.74) is 2.00. The van der Waals surface area contributed by atoms with E-state index in [2.05, 4.69) is 17.1 Å². The fraction of sp³-hybridized carbons (Fsp3) is 0.250. The lowest BCUT2D eigenvalue weighted by molar-refractivity contribution is 0.484. The molecule has 1 atom stereocenters. The van der Waals surface area contributed by atoms with Crippen LogP contribution < -0.4 is 15.8 Å². The molecular formula is C20H18ClFN2O2. The van der Waals surface area contributed by atoms with E-state index < -0.39 is 11.4 Å². The van der Waals surface area contributed by atoms with Crippen molar-refractivity contribution in [2.45, 2.75) is 13.0 Å². The van der Waals surface area contributed by atoms with Crippen LogP contribution >= 0.6 is 11.6 Å². The van der Waals surface area contributed by atoms with Gasteiger partial charge in [0.1, 0.15) is 11.4 Å². The number of hydrogen-bond acceptors (Lipinski definition) is 4. The molecule has 6 heteroatoms. The largest absolute Gasteiger partial charge is 0.422 e. The van der Waals surface area contributed by atoms with Gasteiger partial charge in [-0.25, -0.2) is 9.18 Å². The van der Waals surface area contributed by atoms with Crippen LogP contribution in [0.4, 0.5) is 10.1 Å². The maximum absolute atomic E-state index is 13.4. The molecule has 0 amide bonds. The van der Waals surface area contributed by atoms with E-state index in [1.54, 1.807) is 6.07 Å². The van der Waals surface area contributed by atoms with Crippen LogP contribution in [0.3, 0.4) is 0 Å². The van der Waals surface area contributed by atoms with Gasteiger partial charge >= 0.3 is 5.63 Å². The normalized spacial score (nSPS) is 17.7. The number of nitrogens with one attached hydrogen (secondary N) is 1. The second kappa shape index (κ2) is 6.74. The van der Waals surface area contributed by atoms with Gasteiger partial charge in [0, 0.05) is 42.8 Å². The molecule has 0 spiro atoms. The molecule has 0 saturated carbocycles. The zero-order chi connectivity index (χ0) is 18.3. The van der Waals surface area contributed by atoms with Crippen LogP contribution in [0.25, 0.3) is 22.1 Å². The van der Waals surface area contributed by atoms with Gasteiger partial charge in [0.2, 0.25) is 0 Å². The quantitative estimate of drug-likeness (QED) is 0.689. The topological polar surface area (TPSA) is 45.5 Å². The van der Waals surface area contributed by atoms with Crippen molar-refractivity contribution >= 4 is 28.3 Å². The lowest BCUT2D eigenvalue weighted by atomic mass is 10.1. The first-order valence-corrected chi connectivity index (χ1v) is 8.91. The van der Waals surface area contributed by atoms with Crippen molar-refractivity contribution in [2.24, 2.45) is 0 Å². The van der Waals surface area contributed by atoms with E-state index in [-0.39, 0.29) is 5.02 Å². The molecule has 4 rings (SSSR count). The fourth-order valence-corrected chi connectivity index (χ4v) is 3.51. The minimum atomic E-state index is -0.518. The Bertz CT molecular complexity index is 1030. The number of benzene rings is 2. The Hall–Kier alpha value is -2.37. The number of halogens is 2. The van der Waals surface area contributed by atoms with E-state index in [4.69, 9.17) is 16.0 Å². The molecule has 0 aliphatic carbocycles. The lowest BCUT2D eigenvalue weighted by Crippen LogP contribution is -2.49.